The van der Waals surface area contributed by atoms with Crippen molar-refractivity contribution in [2.75, 3.05) is 6.54 Å². The minimum absolute atomic E-state index is 0.0571. The van der Waals surface area contributed by atoms with E-state index in [0.717, 1.165) is 4.06 Å². The van der Waals surface area contributed by atoms with E-state index in [1.165, 1.54) is 57.9 Å². The van der Waals surface area contributed by atoms with Crippen LogP contribution in [0.15, 0.2) is 4.99 Å². The third-order valence-corrected chi connectivity index (χ3v) is 23.0. The van der Waals surface area contributed by atoms with E-state index in [9.17, 15) is 0 Å². The number of hydrogen-bond donors (Lipinski definition) is 0. The SMILES string of the molecule is CCC[CH2][Sn]([CH2]CCC)([CH2]CCC)[CH]1CCCN1C=NC(C)(C)C. The third kappa shape index (κ3) is 7.25. The molecule has 0 aromatic heterocycles. The van der Waals surface area contributed by atoms with E-state index in [-0.39, 0.29) is 5.54 Å². The summed E-state index contributed by atoms with van der Waals surface area (Å²) < 4.78 is 5.79. The Kier molecular flexibility index (Phi) is 10.3. The normalized spacial score (nSPS) is 19.6. The van der Waals surface area contributed by atoms with Crippen molar-refractivity contribution in [1.29, 1.82) is 0 Å². The van der Waals surface area contributed by atoms with E-state index in [4.69, 9.17) is 4.99 Å². The van der Waals surface area contributed by atoms with Crippen LogP contribution in [-0.4, -0.2) is 45.8 Å². The second-order valence-electron chi connectivity index (χ2n) is 8.98. The molecule has 0 aromatic carbocycles. The second kappa shape index (κ2) is 11.1. The fourth-order valence-corrected chi connectivity index (χ4v) is 23.2. The molecule has 3 heteroatoms. The summed E-state index contributed by atoms with van der Waals surface area (Å²) in [5, 5.41) is 0. The van der Waals surface area contributed by atoms with Crippen molar-refractivity contribution in [1.82, 2.24) is 4.90 Å². The van der Waals surface area contributed by atoms with E-state index in [1.54, 1.807) is 13.3 Å². The van der Waals surface area contributed by atoms with E-state index >= 15 is 0 Å². The minimum atomic E-state index is -2.15. The first-order chi connectivity index (χ1) is 11.4. The molecule has 1 fully saturated rings. The molecule has 0 saturated carbocycles. The quantitative estimate of drug-likeness (QED) is 0.198. The van der Waals surface area contributed by atoms with Gasteiger partial charge in [0.25, 0.3) is 0 Å². The van der Waals surface area contributed by atoms with E-state index < -0.39 is 18.4 Å². The van der Waals surface area contributed by atoms with Crippen LogP contribution in [0.25, 0.3) is 0 Å². The van der Waals surface area contributed by atoms with Crippen molar-refractivity contribution in [3.63, 3.8) is 0 Å². The molecular formula is C21H44N2Sn. The Morgan fingerprint density at radius 2 is 1.46 bits per heavy atom. The van der Waals surface area contributed by atoms with Gasteiger partial charge >= 0.3 is 157 Å². The summed E-state index contributed by atoms with van der Waals surface area (Å²) in [6, 6.07) is 0. The molecule has 1 aliphatic heterocycles. The monoisotopic (exact) mass is 444 g/mol. The van der Waals surface area contributed by atoms with Gasteiger partial charge < -0.3 is 0 Å². The second-order valence-corrected chi connectivity index (χ2v) is 22.9. The average molecular weight is 443 g/mol. The molecule has 0 amide bonds. The predicted molar refractivity (Wildman–Crippen MR) is 113 cm³/mol. The summed E-state index contributed by atoms with van der Waals surface area (Å²) in [4.78, 5) is 7.59. The zero-order valence-corrected chi connectivity index (χ0v) is 20.4. The van der Waals surface area contributed by atoms with E-state index in [2.05, 4.69) is 52.8 Å². The molecule has 142 valence electrons. The summed E-state index contributed by atoms with van der Waals surface area (Å²) in [6.07, 6.45) is 13.7. The van der Waals surface area contributed by atoms with Gasteiger partial charge in [-0.15, -0.1) is 0 Å². The zero-order valence-electron chi connectivity index (χ0n) is 17.5. The molecule has 2 nitrogen and oxygen atoms in total. The fraction of sp³-hybridized carbons (Fsp3) is 0.952. The van der Waals surface area contributed by atoms with Gasteiger partial charge in [0.05, 0.1) is 0 Å². The van der Waals surface area contributed by atoms with Crippen molar-refractivity contribution in [2.45, 2.75) is 116 Å². The average Bonchev–Trinajstić information content (AvgIpc) is 3.01. The molecule has 1 rings (SSSR count). The van der Waals surface area contributed by atoms with Gasteiger partial charge in [0.1, 0.15) is 0 Å². The number of rotatable bonds is 11. The van der Waals surface area contributed by atoms with Crippen LogP contribution in [0.3, 0.4) is 0 Å². The van der Waals surface area contributed by atoms with Crippen molar-refractivity contribution in [2.24, 2.45) is 4.99 Å². The third-order valence-electron chi connectivity index (χ3n) is 5.68. The molecule has 0 bridgehead atoms. The first kappa shape index (κ1) is 22.3. The van der Waals surface area contributed by atoms with Crippen LogP contribution in [0.5, 0.6) is 0 Å². The Labute approximate surface area is 156 Å². The van der Waals surface area contributed by atoms with E-state index in [1.807, 2.05) is 0 Å². The molecule has 1 saturated heterocycles. The molecule has 0 N–H and O–H groups in total. The molecular weight excluding hydrogens is 399 g/mol. The molecule has 1 atom stereocenters. The predicted octanol–water partition coefficient (Wildman–Crippen LogP) is 6.67. The van der Waals surface area contributed by atoms with Gasteiger partial charge in [-0.1, -0.05) is 0 Å². The summed E-state index contributed by atoms with van der Waals surface area (Å²) >= 11 is -2.15. The van der Waals surface area contributed by atoms with Crippen molar-refractivity contribution in [3.8, 4) is 0 Å². The van der Waals surface area contributed by atoms with Crippen LogP contribution in [0.2, 0.25) is 13.3 Å². The van der Waals surface area contributed by atoms with Gasteiger partial charge in [-0.25, -0.2) is 0 Å². The van der Waals surface area contributed by atoms with Crippen molar-refractivity contribution in [3.05, 3.63) is 0 Å². The fourth-order valence-electron chi connectivity index (χ4n) is 4.29. The molecule has 0 radical (unpaired) electrons. The maximum absolute atomic E-state index is 4.88. The van der Waals surface area contributed by atoms with Crippen molar-refractivity contribution < 1.29 is 0 Å². The number of unbranched alkanes of at least 4 members (excludes halogenated alkanes) is 3. The Hall–Kier alpha value is 0.269. The topological polar surface area (TPSA) is 15.6 Å². The van der Waals surface area contributed by atoms with Gasteiger partial charge in [0, 0.05) is 0 Å². The Balaban J connectivity index is 3.00. The summed E-state index contributed by atoms with van der Waals surface area (Å²) in [6.45, 7) is 15.0. The number of likely N-dealkylation sites (tertiary alicyclic amines) is 1. The van der Waals surface area contributed by atoms with Gasteiger partial charge in [-0.2, -0.15) is 0 Å². The summed E-state index contributed by atoms with van der Waals surface area (Å²) in [5.41, 5.74) is 0.0571. The Morgan fingerprint density at radius 3 is 1.88 bits per heavy atom. The van der Waals surface area contributed by atoms with Crippen LogP contribution in [0.1, 0.15) is 92.9 Å². The van der Waals surface area contributed by atoms with Crippen molar-refractivity contribution >= 4 is 24.7 Å². The van der Waals surface area contributed by atoms with Crippen LogP contribution in [-0.2, 0) is 0 Å². The van der Waals surface area contributed by atoms with Gasteiger partial charge in [0.2, 0.25) is 0 Å². The van der Waals surface area contributed by atoms with Gasteiger partial charge in [-0.3, -0.25) is 0 Å². The van der Waals surface area contributed by atoms with Crippen LogP contribution in [0, 0.1) is 0 Å². The Bertz CT molecular complexity index is 338. The first-order valence-corrected chi connectivity index (χ1v) is 18.4. The van der Waals surface area contributed by atoms with Gasteiger partial charge in [-0.05, 0) is 0 Å². The molecule has 0 aliphatic carbocycles. The molecule has 1 heterocycles. The summed E-state index contributed by atoms with van der Waals surface area (Å²) in [5.74, 6) is 0. The molecule has 24 heavy (non-hydrogen) atoms. The Morgan fingerprint density at radius 1 is 0.958 bits per heavy atom. The molecule has 0 spiro atoms. The van der Waals surface area contributed by atoms with Crippen LogP contribution >= 0.6 is 0 Å². The first-order valence-electron chi connectivity index (χ1n) is 10.7. The van der Waals surface area contributed by atoms with Gasteiger partial charge in [0.15, 0.2) is 0 Å². The maximum atomic E-state index is 4.88. The standard InChI is InChI=1S/C9H17N2.3C4H9.Sn/c1-9(2,3)10-8-11-6-4-5-7-11;3*1-3-4-2;/h6,8H,4-5,7H2,1-3H3;3*1,3-4H2,2H3;. The van der Waals surface area contributed by atoms with Crippen LogP contribution < -0.4 is 0 Å². The molecule has 1 unspecified atom stereocenters. The summed E-state index contributed by atoms with van der Waals surface area (Å²) in [7, 11) is 0. The molecule has 0 aromatic rings. The number of nitrogens with zero attached hydrogens (tertiary/aromatic N) is 2. The zero-order chi connectivity index (χ0) is 18.1. The number of hydrogen-bond acceptors (Lipinski definition) is 1. The molecule has 1 aliphatic rings. The number of aliphatic imine (C=N–C) groups is 1. The van der Waals surface area contributed by atoms with Crippen LogP contribution in [0.4, 0.5) is 0 Å². The van der Waals surface area contributed by atoms with E-state index in [0.29, 0.717) is 0 Å².